The number of rotatable bonds is 2. The average Bonchev–Trinajstić information content (AvgIpc) is 2.28. The van der Waals surface area contributed by atoms with Gasteiger partial charge in [-0.05, 0) is 25.2 Å². The van der Waals surface area contributed by atoms with E-state index < -0.39 is 0 Å². The van der Waals surface area contributed by atoms with E-state index in [0.29, 0.717) is 31.0 Å². The largest absolute Gasteiger partial charge is 0.352 e. The summed E-state index contributed by atoms with van der Waals surface area (Å²) in [7, 11) is 0. The second-order valence-corrected chi connectivity index (χ2v) is 5.56. The van der Waals surface area contributed by atoms with Crippen LogP contribution in [0.3, 0.4) is 0 Å². The standard InChI is InChI=1S/C14H22O3/c1-9-4-10(2)13(11(3)5-9)14-16-7-12(6-15)8-17-14/h4,6,10-14H,5,7-8H2,1-3H3. The van der Waals surface area contributed by atoms with Crippen LogP contribution in [0, 0.1) is 23.7 Å². The second kappa shape index (κ2) is 5.32. The van der Waals surface area contributed by atoms with Crippen molar-refractivity contribution in [3.05, 3.63) is 11.6 Å². The predicted octanol–water partition coefficient (Wildman–Crippen LogP) is 2.41. The van der Waals surface area contributed by atoms with Crippen LogP contribution in [-0.2, 0) is 14.3 Å². The number of hydrogen-bond donors (Lipinski definition) is 0. The Morgan fingerprint density at radius 2 is 1.94 bits per heavy atom. The summed E-state index contributed by atoms with van der Waals surface area (Å²) in [6.45, 7) is 7.69. The number of allylic oxidation sites excluding steroid dienone is 2. The molecule has 0 spiro atoms. The van der Waals surface area contributed by atoms with Crippen LogP contribution in [0.1, 0.15) is 27.2 Å². The molecule has 17 heavy (non-hydrogen) atoms. The molecule has 0 aromatic carbocycles. The summed E-state index contributed by atoms with van der Waals surface area (Å²) in [4.78, 5) is 10.6. The first-order valence-corrected chi connectivity index (χ1v) is 6.47. The Balaban J connectivity index is 2.00. The molecule has 3 heteroatoms. The Kier molecular flexibility index (Phi) is 4.00. The molecule has 3 nitrogen and oxygen atoms in total. The number of ether oxygens (including phenoxy) is 2. The molecule has 3 atom stereocenters. The van der Waals surface area contributed by atoms with Gasteiger partial charge in [0, 0.05) is 5.92 Å². The fourth-order valence-electron chi connectivity index (χ4n) is 3.14. The van der Waals surface area contributed by atoms with Gasteiger partial charge in [0.1, 0.15) is 6.29 Å². The summed E-state index contributed by atoms with van der Waals surface area (Å²) >= 11 is 0. The van der Waals surface area contributed by atoms with Gasteiger partial charge in [-0.1, -0.05) is 25.5 Å². The molecule has 0 aromatic rings. The van der Waals surface area contributed by atoms with Gasteiger partial charge in [-0.25, -0.2) is 0 Å². The molecule has 1 fully saturated rings. The van der Waals surface area contributed by atoms with E-state index in [4.69, 9.17) is 9.47 Å². The molecule has 1 heterocycles. The summed E-state index contributed by atoms with van der Waals surface area (Å²) in [6, 6.07) is 0. The summed E-state index contributed by atoms with van der Waals surface area (Å²) < 4.78 is 11.4. The predicted molar refractivity (Wildman–Crippen MR) is 65.4 cm³/mol. The van der Waals surface area contributed by atoms with Crippen molar-refractivity contribution in [2.45, 2.75) is 33.5 Å². The Hall–Kier alpha value is -0.670. The lowest BCUT2D eigenvalue weighted by atomic mass is 9.74. The van der Waals surface area contributed by atoms with Crippen molar-refractivity contribution in [2.24, 2.45) is 23.7 Å². The molecule has 2 rings (SSSR count). The fourth-order valence-corrected chi connectivity index (χ4v) is 3.14. The minimum Gasteiger partial charge on any atom is -0.352 e. The van der Waals surface area contributed by atoms with E-state index in [0.717, 1.165) is 12.7 Å². The minimum atomic E-state index is -0.138. The number of carbonyl (C=O) groups is 1. The zero-order chi connectivity index (χ0) is 12.4. The van der Waals surface area contributed by atoms with Crippen LogP contribution < -0.4 is 0 Å². The van der Waals surface area contributed by atoms with Gasteiger partial charge in [0.2, 0.25) is 0 Å². The van der Waals surface area contributed by atoms with Crippen molar-refractivity contribution in [3.63, 3.8) is 0 Å². The molecular weight excluding hydrogens is 216 g/mol. The van der Waals surface area contributed by atoms with Crippen molar-refractivity contribution in [3.8, 4) is 0 Å². The molecule has 0 saturated carbocycles. The summed E-state index contributed by atoms with van der Waals surface area (Å²) in [5.74, 6) is 1.38. The monoisotopic (exact) mass is 238 g/mol. The van der Waals surface area contributed by atoms with Crippen molar-refractivity contribution in [2.75, 3.05) is 13.2 Å². The van der Waals surface area contributed by atoms with Gasteiger partial charge in [-0.2, -0.15) is 0 Å². The molecule has 3 unspecified atom stereocenters. The van der Waals surface area contributed by atoms with E-state index in [9.17, 15) is 4.79 Å². The van der Waals surface area contributed by atoms with Crippen LogP contribution in [0.25, 0.3) is 0 Å². The smallest absolute Gasteiger partial charge is 0.161 e. The number of carbonyl (C=O) groups excluding carboxylic acids is 1. The third kappa shape index (κ3) is 2.78. The molecule has 0 N–H and O–H groups in total. The lowest BCUT2D eigenvalue weighted by Gasteiger charge is -2.40. The van der Waals surface area contributed by atoms with Crippen LogP contribution in [0.15, 0.2) is 11.6 Å². The second-order valence-electron chi connectivity index (χ2n) is 5.56. The fraction of sp³-hybridized carbons (Fsp3) is 0.786. The molecule has 1 aliphatic carbocycles. The van der Waals surface area contributed by atoms with Crippen molar-refractivity contribution < 1.29 is 14.3 Å². The lowest BCUT2D eigenvalue weighted by molar-refractivity contribution is -0.233. The highest BCUT2D eigenvalue weighted by Gasteiger charge is 2.37. The molecule has 1 aliphatic heterocycles. The maximum absolute atomic E-state index is 10.6. The van der Waals surface area contributed by atoms with Gasteiger partial charge in [-0.15, -0.1) is 0 Å². The van der Waals surface area contributed by atoms with Gasteiger partial charge in [0.05, 0.1) is 19.1 Å². The van der Waals surface area contributed by atoms with Gasteiger partial charge >= 0.3 is 0 Å². The maximum Gasteiger partial charge on any atom is 0.161 e. The van der Waals surface area contributed by atoms with Gasteiger partial charge in [0.15, 0.2) is 6.29 Å². The molecule has 96 valence electrons. The third-order valence-electron chi connectivity index (χ3n) is 3.91. The van der Waals surface area contributed by atoms with Crippen LogP contribution in [-0.4, -0.2) is 25.8 Å². The van der Waals surface area contributed by atoms with Gasteiger partial charge in [-0.3, -0.25) is 0 Å². The highest BCUT2D eigenvalue weighted by molar-refractivity contribution is 5.53. The number of hydrogen-bond acceptors (Lipinski definition) is 3. The summed E-state index contributed by atoms with van der Waals surface area (Å²) in [5, 5.41) is 0. The molecule has 0 bridgehead atoms. The number of aldehydes is 1. The molecule has 2 aliphatic rings. The molecule has 1 saturated heterocycles. The normalized spacial score (nSPS) is 43.0. The summed E-state index contributed by atoms with van der Waals surface area (Å²) in [6.07, 6.45) is 4.23. The Bertz CT molecular complexity index is 303. The highest BCUT2D eigenvalue weighted by atomic mass is 16.7. The lowest BCUT2D eigenvalue weighted by Crippen LogP contribution is -2.43. The van der Waals surface area contributed by atoms with Crippen LogP contribution in [0.5, 0.6) is 0 Å². The molecule has 0 aromatic heterocycles. The topological polar surface area (TPSA) is 35.5 Å². The first-order chi connectivity index (χ1) is 8.11. The van der Waals surface area contributed by atoms with E-state index in [-0.39, 0.29) is 12.2 Å². The van der Waals surface area contributed by atoms with Gasteiger partial charge < -0.3 is 14.3 Å². The average molecular weight is 238 g/mol. The SMILES string of the molecule is CC1=CC(C)C(C2OCC(C=O)CO2)C(C)C1. The van der Waals surface area contributed by atoms with Gasteiger partial charge in [0.25, 0.3) is 0 Å². The molecule has 0 radical (unpaired) electrons. The van der Waals surface area contributed by atoms with E-state index in [1.807, 2.05) is 0 Å². The van der Waals surface area contributed by atoms with Crippen molar-refractivity contribution >= 4 is 6.29 Å². The van der Waals surface area contributed by atoms with Crippen LogP contribution >= 0.6 is 0 Å². The van der Waals surface area contributed by atoms with E-state index in [2.05, 4.69) is 26.8 Å². The Morgan fingerprint density at radius 1 is 1.29 bits per heavy atom. The quantitative estimate of drug-likeness (QED) is 0.547. The zero-order valence-electron chi connectivity index (χ0n) is 10.9. The van der Waals surface area contributed by atoms with E-state index in [1.54, 1.807) is 0 Å². The first kappa shape index (κ1) is 12.8. The first-order valence-electron chi connectivity index (χ1n) is 6.47. The molecule has 0 amide bonds. The van der Waals surface area contributed by atoms with E-state index >= 15 is 0 Å². The Labute approximate surface area is 103 Å². The Morgan fingerprint density at radius 3 is 2.47 bits per heavy atom. The van der Waals surface area contributed by atoms with Crippen LogP contribution in [0.2, 0.25) is 0 Å². The van der Waals surface area contributed by atoms with Crippen molar-refractivity contribution in [1.82, 2.24) is 0 Å². The van der Waals surface area contributed by atoms with Crippen molar-refractivity contribution in [1.29, 1.82) is 0 Å². The molecular formula is C14H22O3. The van der Waals surface area contributed by atoms with Crippen LogP contribution in [0.4, 0.5) is 0 Å². The van der Waals surface area contributed by atoms with E-state index in [1.165, 1.54) is 5.57 Å². The summed E-state index contributed by atoms with van der Waals surface area (Å²) in [5.41, 5.74) is 1.46. The zero-order valence-corrected chi connectivity index (χ0v) is 10.9. The minimum absolute atomic E-state index is 0.0854. The third-order valence-corrected chi connectivity index (χ3v) is 3.91. The maximum atomic E-state index is 10.6. The highest BCUT2D eigenvalue weighted by Crippen LogP contribution is 2.38.